The molecular weight excluding hydrogens is 384 g/mol. The summed E-state index contributed by atoms with van der Waals surface area (Å²) in [7, 11) is 3.46. The molecule has 0 radical (unpaired) electrons. The Bertz CT molecular complexity index is 887. The van der Waals surface area contributed by atoms with E-state index < -0.39 is 0 Å². The van der Waals surface area contributed by atoms with Crippen LogP contribution in [0, 0.1) is 6.92 Å². The van der Waals surface area contributed by atoms with Crippen LogP contribution >= 0.6 is 11.8 Å². The van der Waals surface area contributed by atoms with Crippen molar-refractivity contribution >= 4 is 11.8 Å². The molecule has 0 bridgehead atoms. The van der Waals surface area contributed by atoms with Crippen molar-refractivity contribution in [3.8, 4) is 5.75 Å². The normalized spacial score (nSPS) is 19.6. The van der Waals surface area contributed by atoms with Gasteiger partial charge in [-0.05, 0) is 50.8 Å². The Kier molecular flexibility index (Phi) is 7.11. The fraction of sp³-hybridized carbons (Fsp3) is 0.545. The van der Waals surface area contributed by atoms with E-state index in [1.807, 2.05) is 30.8 Å². The molecule has 2 atom stereocenters. The topological polar surface area (TPSA) is 52.3 Å². The highest BCUT2D eigenvalue weighted by Gasteiger charge is 2.27. The molecule has 6 nitrogen and oxygen atoms in total. The molecule has 0 N–H and O–H groups in total. The van der Waals surface area contributed by atoms with E-state index in [0.717, 1.165) is 43.1 Å². The number of aromatic nitrogens is 3. The number of nitrogens with zero attached hydrogens (tertiary/aromatic N) is 4. The zero-order chi connectivity index (χ0) is 21.0. The average molecular weight is 417 g/mol. The molecule has 1 aromatic heterocycles. The number of hydrogen-bond donors (Lipinski definition) is 0. The maximum absolute atomic E-state index is 12.1. The van der Waals surface area contributed by atoms with Crippen molar-refractivity contribution in [1.29, 1.82) is 0 Å². The van der Waals surface area contributed by atoms with Gasteiger partial charge >= 0.3 is 5.69 Å². The molecule has 1 aliphatic rings. The van der Waals surface area contributed by atoms with Crippen LogP contribution in [0.15, 0.2) is 41.3 Å². The van der Waals surface area contributed by atoms with Gasteiger partial charge in [0.15, 0.2) is 0 Å². The van der Waals surface area contributed by atoms with Crippen LogP contribution < -0.4 is 10.4 Å². The molecule has 2 unspecified atom stereocenters. The van der Waals surface area contributed by atoms with Gasteiger partial charge in [0.25, 0.3) is 0 Å². The van der Waals surface area contributed by atoms with Crippen molar-refractivity contribution < 1.29 is 4.74 Å². The lowest BCUT2D eigenvalue weighted by Crippen LogP contribution is -2.40. The number of likely N-dealkylation sites (tertiary alicyclic amines) is 1. The van der Waals surface area contributed by atoms with E-state index in [4.69, 9.17) is 4.74 Å². The van der Waals surface area contributed by atoms with Crippen molar-refractivity contribution in [3.05, 3.63) is 58.4 Å². The standard InChI is InChI=1S/C22H32N4O2S/c1-16-13-21(29-15-19-7-9-20(28-5)10-8-19)14-17(2)25(16)11-6-12-26-22(27)24(4)18(3)23-26/h7-10,17,21H,1,6,11-15H2,2-5H3. The molecule has 7 heteroatoms. The third-order valence-corrected chi connectivity index (χ3v) is 7.01. The monoisotopic (exact) mass is 416 g/mol. The Balaban J connectivity index is 1.47. The van der Waals surface area contributed by atoms with Gasteiger partial charge in [0.1, 0.15) is 11.6 Å². The lowest BCUT2D eigenvalue weighted by atomic mass is 10.0. The van der Waals surface area contributed by atoms with E-state index in [0.29, 0.717) is 17.8 Å². The van der Waals surface area contributed by atoms with Gasteiger partial charge in [-0.2, -0.15) is 16.9 Å². The molecule has 2 heterocycles. The predicted octanol–water partition coefficient (Wildman–Crippen LogP) is 3.59. The summed E-state index contributed by atoms with van der Waals surface area (Å²) < 4.78 is 8.39. The fourth-order valence-corrected chi connectivity index (χ4v) is 5.20. The second-order valence-electron chi connectivity index (χ2n) is 7.80. The Morgan fingerprint density at radius 2 is 2.00 bits per heavy atom. The van der Waals surface area contributed by atoms with Crippen LogP contribution in [-0.2, 0) is 19.3 Å². The van der Waals surface area contributed by atoms with E-state index >= 15 is 0 Å². The van der Waals surface area contributed by atoms with Crippen molar-refractivity contribution in [2.75, 3.05) is 13.7 Å². The van der Waals surface area contributed by atoms with Crippen LogP contribution in [0.25, 0.3) is 0 Å². The number of thioether (sulfide) groups is 1. The van der Waals surface area contributed by atoms with Gasteiger partial charge in [-0.25, -0.2) is 9.48 Å². The molecule has 1 aromatic carbocycles. The summed E-state index contributed by atoms with van der Waals surface area (Å²) in [6.45, 7) is 10.0. The molecule has 29 heavy (non-hydrogen) atoms. The SMILES string of the molecule is C=C1CC(SCc2ccc(OC)cc2)CC(C)N1CCCn1nc(C)n(C)c1=O. The summed E-state index contributed by atoms with van der Waals surface area (Å²) in [6, 6.07) is 8.79. The molecule has 0 saturated carbocycles. The first kappa shape index (κ1) is 21.6. The van der Waals surface area contributed by atoms with Crippen molar-refractivity contribution in [1.82, 2.24) is 19.2 Å². The van der Waals surface area contributed by atoms with Crippen molar-refractivity contribution in [3.63, 3.8) is 0 Å². The average Bonchev–Trinajstić information content (AvgIpc) is 2.95. The molecule has 1 aliphatic heterocycles. The molecule has 2 aromatic rings. The van der Waals surface area contributed by atoms with Crippen LogP contribution in [0.4, 0.5) is 0 Å². The maximum atomic E-state index is 12.1. The summed E-state index contributed by atoms with van der Waals surface area (Å²) >= 11 is 2.01. The minimum absolute atomic E-state index is 0.0389. The van der Waals surface area contributed by atoms with Crippen LogP contribution in [0.3, 0.4) is 0 Å². The maximum Gasteiger partial charge on any atom is 0.345 e. The number of aryl methyl sites for hydroxylation is 2. The first-order valence-electron chi connectivity index (χ1n) is 10.2. The number of piperidine rings is 1. The first-order valence-corrected chi connectivity index (χ1v) is 11.2. The second kappa shape index (κ2) is 9.57. The lowest BCUT2D eigenvalue weighted by Gasteiger charge is -2.40. The molecule has 0 aliphatic carbocycles. The summed E-state index contributed by atoms with van der Waals surface area (Å²) in [5.41, 5.74) is 2.50. The zero-order valence-corrected chi connectivity index (χ0v) is 18.7. The number of hydrogen-bond acceptors (Lipinski definition) is 5. The molecule has 3 rings (SSSR count). The number of ether oxygens (including phenoxy) is 1. The number of benzene rings is 1. The Morgan fingerprint density at radius 3 is 2.59 bits per heavy atom. The summed E-state index contributed by atoms with van der Waals surface area (Å²) in [5, 5.41) is 4.92. The third kappa shape index (κ3) is 5.26. The highest BCUT2D eigenvalue weighted by molar-refractivity contribution is 7.99. The molecule has 1 fully saturated rings. The highest BCUT2D eigenvalue weighted by Crippen LogP contribution is 2.34. The van der Waals surface area contributed by atoms with Gasteiger partial charge in [0.2, 0.25) is 0 Å². The largest absolute Gasteiger partial charge is 0.497 e. The summed E-state index contributed by atoms with van der Waals surface area (Å²) in [4.78, 5) is 14.5. The van der Waals surface area contributed by atoms with E-state index in [-0.39, 0.29) is 5.69 Å². The zero-order valence-electron chi connectivity index (χ0n) is 17.9. The minimum Gasteiger partial charge on any atom is -0.497 e. The highest BCUT2D eigenvalue weighted by atomic mass is 32.2. The summed E-state index contributed by atoms with van der Waals surface area (Å²) in [5.74, 6) is 2.66. The fourth-order valence-electron chi connectivity index (χ4n) is 3.86. The Labute approximate surface area is 177 Å². The number of methoxy groups -OCH3 is 1. The van der Waals surface area contributed by atoms with Gasteiger partial charge < -0.3 is 9.64 Å². The summed E-state index contributed by atoms with van der Waals surface area (Å²) in [6.07, 6.45) is 3.07. The van der Waals surface area contributed by atoms with Crippen LogP contribution in [0.5, 0.6) is 5.75 Å². The van der Waals surface area contributed by atoms with Crippen LogP contribution in [0.1, 0.15) is 37.6 Å². The Hall–Kier alpha value is -2.15. The molecule has 158 valence electrons. The van der Waals surface area contributed by atoms with Gasteiger partial charge in [-0.15, -0.1) is 0 Å². The number of allylic oxidation sites excluding steroid dienone is 1. The molecular formula is C22H32N4O2S. The van der Waals surface area contributed by atoms with E-state index in [1.54, 1.807) is 23.4 Å². The molecule has 0 amide bonds. The van der Waals surface area contributed by atoms with Gasteiger partial charge in [0.05, 0.1) is 7.11 Å². The van der Waals surface area contributed by atoms with E-state index in [1.165, 1.54) is 11.3 Å². The third-order valence-electron chi connectivity index (χ3n) is 5.68. The Morgan fingerprint density at radius 1 is 1.28 bits per heavy atom. The van der Waals surface area contributed by atoms with Crippen LogP contribution in [-0.4, -0.2) is 44.2 Å². The van der Waals surface area contributed by atoms with Crippen LogP contribution in [0.2, 0.25) is 0 Å². The lowest BCUT2D eigenvalue weighted by molar-refractivity contribution is 0.211. The quantitative estimate of drug-likeness (QED) is 0.658. The van der Waals surface area contributed by atoms with Crippen molar-refractivity contribution in [2.24, 2.45) is 7.05 Å². The van der Waals surface area contributed by atoms with E-state index in [2.05, 4.69) is 35.6 Å². The van der Waals surface area contributed by atoms with Gasteiger partial charge in [-0.1, -0.05) is 18.7 Å². The smallest absolute Gasteiger partial charge is 0.345 e. The van der Waals surface area contributed by atoms with Gasteiger partial charge in [0, 0.05) is 42.9 Å². The molecule has 0 spiro atoms. The minimum atomic E-state index is -0.0389. The van der Waals surface area contributed by atoms with Crippen molar-refractivity contribution in [2.45, 2.75) is 56.7 Å². The molecule has 1 saturated heterocycles. The van der Waals surface area contributed by atoms with E-state index in [9.17, 15) is 4.79 Å². The van der Waals surface area contributed by atoms with Gasteiger partial charge in [-0.3, -0.25) is 4.57 Å². The predicted molar refractivity (Wildman–Crippen MR) is 119 cm³/mol. The second-order valence-corrected chi connectivity index (χ2v) is 9.08. The number of rotatable bonds is 8. The first-order chi connectivity index (χ1) is 13.9.